The summed E-state index contributed by atoms with van der Waals surface area (Å²) in [5.74, 6) is -0.963. The molecular formula is C10H20N2O5. The Balaban J connectivity index is 3.62. The van der Waals surface area contributed by atoms with Crippen LogP contribution in [0.4, 0.5) is 4.79 Å². The summed E-state index contributed by atoms with van der Waals surface area (Å²) in [6.07, 6.45) is -0.666. The van der Waals surface area contributed by atoms with E-state index in [0.717, 1.165) is 0 Å². The van der Waals surface area contributed by atoms with Crippen molar-refractivity contribution in [3.05, 3.63) is 0 Å². The minimum atomic E-state index is -0.963. The number of methoxy groups -OCH3 is 1. The van der Waals surface area contributed by atoms with E-state index >= 15 is 0 Å². The first kappa shape index (κ1) is 15.7. The Bertz CT molecular complexity index is 235. The van der Waals surface area contributed by atoms with E-state index in [-0.39, 0.29) is 19.0 Å². The van der Waals surface area contributed by atoms with Crippen molar-refractivity contribution in [2.45, 2.75) is 19.4 Å². The van der Waals surface area contributed by atoms with Crippen LogP contribution in [0.15, 0.2) is 0 Å². The lowest BCUT2D eigenvalue weighted by molar-refractivity contribution is -0.139. The number of hydrogen-bond acceptors (Lipinski definition) is 4. The second-order valence-corrected chi connectivity index (χ2v) is 3.29. The molecule has 0 aromatic carbocycles. The molecule has 0 spiro atoms. The van der Waals surface area contributed by atoms with E-state index in [0.29, 0.717) is 19.8 Å². The molecule has 0 aliphatic rings. The van der Waals surface area contributed by atoms with E-state index < -0.39 is 12.1 Å². The summed E-state index contributed by atoms with van der Waals surface area (Å²) < 4.78 is 9.94. The number of carboxylic acid groups (broad SMARTS) is 1. The first-order valence-electron chi connectivity index (χ1n) is 5.44. The summed E-state index contributed by atoms with van der Waals surface area (Å²) in [7, 11) is 1.41. The Hall–Kier alpha value is -1.34. The number of carboxylic acids is 1. The van der Waals surface area contributed by atoms with Crippen molar-refractivity contribution in [3.8, 4) is 0 Å². The zero-order valence-corrected chi connectivity index (χ0v) is 10.2. The van der Waals surface area contributed by atoms with Crippen LogP contribution >= 0.6 is 0 Å². The van der Waals surface area contributed by atoms with Crippen LogP contribution < -0.4 is 10.6 Å². The van der Waals surface area contributed by atoms with Gasteiger partial charge in [-0.2, -0.15) is 0 Å². The van der Waals surface area contributed by atoms with Crippen LogP contribution in [-0.4, -0.2) is 56.6 Å². The van der Waals surface area contributed by atoms with Crippen LogP contribution in [-0.2, 0) is 14.3 Å². The largest absolute Gasteiger partial charge is 0.481 e. The molecule has 0 bridgehead atoms. The molecule has 7 nitrogen and oxygen atoms in total. The zero-order chi connectivity index (χ0) is 13.1. The molecule has 7 heteroatoms. The molecule has 0 aromatic rings. The molecule has 0 rings (SSSR count). The monoisotopic (exact) mass is 248 g/mol. The van der Waals surface area contributed by atoms with E-state index in [9.17, 15) is 9.59 Å². The van der Waals surface area contributed by atoms with E-state index in [1.807, 2.05) is 6.92 Å². The van der Waals surface area contributed by atoms with Crippen LogP contribution in [0, 0.1) is 0 Å². The van der Waals surface area contributed by atoms with E-state index in [4.69, 9.17) is 14.6 Å². The highest BCUT2D eigenvalue weighted by Crippen LogP contribution is 1.94. The molecule has 17 heavy (non-hydrogen) atoms. The molecule has 0 aliphatic carbocycles. The van der Waals surface area contributed by atoms with Gasteiger partial charge in [0.1, 0.15) is 0 Å². The maximum Gasteiger partial charge on any atom is 0.314 e. The number of urea groups is 1. The molecule has 0 radical (unpaired) electrons. The van der Waals surface area contributed by atoms with Gasteiger partial charge in [-0.1, -0.05) is 0 Å². The van der Waals surface area contributed by atoms with Gasteiger partial charge in [-0.3, -0.25) is 4.79 Å². The van der Waals surface area contributed by atoms with Crippen molar-refractivity contribution < 1.29 is 24.2 Å². The van der Waals surface area contributed by atoms with Gasteiger partial charge in [-0.15, -0.1) is 0 Å². The third kappa shape index (κ3) is 9.58. The lowest BCUT2D eigenvalue weighted by Gasteiger charge is -2.14. The average Bonchev–Trinajstić information content (AvgIpc) is 2.29. The minimum Gasteiger partial charge on any atom is -0.481 e. The van der Waals surface area contributed by atoms with Gasteiger partial charge in [0.2, 0.25) is 0 Å². The molecule has 0 saturated heterocycles. The Labute approximate surface area is 100 Å². The number of aliphatic carboxylic acids is 1. The fourth-order valence-electron chi connectivity index (χ4n) is 1.08. The Morgan fingerprint density at radius 2 is 2.06 bits per heavy atom. The average molecular weight is 248 g/mol. The lowest BCUT2D eigenvalue weighted by Crippen LogP contribution is -2.41. The highest BCUT2D eigenvalue weighted by Gasteiger charge is 2.13. The van der Waals surface area contributed by atoms with Crippen molar-refractivity contribution in [3.63, 3.8) is 0 Å². The second kappa shape index (κ2) is 9.86. The van der Waals surface area contributed by atoms with Crippen molar-refractivity contribution in [2.75, 3.05) is 33.4 Å². The zero-order valence-electron chi connectivity index (χ0n) is 10.2. The van der Waals surface area contributed by atoms with E-state index in [1.54, 1.807) is 0 Å². The molecule has 0 heterocycles. The highest BCUT2D eigenvalue weighted by atomic mass is 16.5. The molecule has 0 aromatic heterocycles. The smallest absolute Gasteiger partial charge is 0.314 e. The summed E-state index contributed by atoms with van der Waals surface area (Å²) in [5, 5.41) is 13.7. The van der Waals surface area contributed by atoms with Gasteiger partial charge in [0.15, 0.2) is 0 Å². The third-order valence-corrected chi connectivity index (χ3v) is 1.96. The molecule has 0 aliphatic heterocycles. The molecule has 0 saturated carbocycles. The van der Waals surface area contributed by atoms with Gasteiger partial charge in [0.25, 0.3) is 0 Å². The lowest BCUT2D eigenvalue weighted by atomic mass is 10.2. The second-order valence-electron chi connectivity index (χ2n) is 3.29. The molecule has 3 N–H and O–H groups in total. The number of rotatable bonds is 9. The van der Waals surface area contributed by atoms with E-state index in [1.165, 1.54) is 7.11 Å². The van der Waals surface area contributed by atoms with E-state index in [2.05, 4.69) is 10.6 Å². The SMILES string of the molecule is CCOCCNC(=O)NCC(CC(=O)O)OC. The normalized spacial score (nSPS) is 11.9. The van der Waals surface area contributed by atoms with Crippen LogP contribution in [0.2, 0.25) is 0 Å². The van der Waals surface area contributed by atoms with Crippen molar-refractivity contribution >= 4 is 12.0 Å². The maximum absolute atomic E-state index is 11.2. The summed E-state index contributed by atoms with van der Waals surface area (Å²) in [6, 6.07) is -0.364. The standard InChI is InChI=1S/C10H20N2O5/c1-3-17-5-4-11-10(15)12-7-8(16-2)6-9(13)14/h8H,3-7H2,1-2H3,(H,13,14)(H2,11,12,15). The third-order valence-electron chi connectivity index (χ3n) is 1.96. The van der Waals surface area contributed by atoms with Gasteiger partial charge in [0, 0.05) is 26.8 Å². The molecule has 2 amide bonds. The van der Waals surface area contributed by atoms with Crippen molar-refractivity contribution in [2.24, 2.45) is 0 Å². The van der Waals surface area contributed by atoms with Gasteiger partial charge in [-0.05, 0) is 6.92 Å². The van der Waals surface area contributed by atoms with Crippen LogP contribution in [0.25, 0.3) is 0 Å². The maximum atomic E-state index is 11.2. The number of hydrogen-bond donors (Lipinski definition) is 3. The predicted molar refractivity (Wildman–Crippen MR) is 60.9 cm³/mol. The first-order chi connectivity index (χ1) is 8.10. The van der Waals surface area contributed by atoms with Gasteiger partial charge in [-0.25, -0.2) is 4.79 Å². The number of amides is 2. The van der Waals surface area contributed by atoms with Gasteiger partial charge in [0.05, 0.1) is 19.1 Å². The van der Waals surface area contributed by atoms with Crippen LogP contribution in [0.3, 0.4) is 0 Å². The summed E-state index contributed by atoms with van der Waals surface area (Å²) in [5.41, 5.74) is 0. The van der Waals surface area contributed by atoms with Crippen molar-refractivity contribution in [1.29, 1.82) is 0 Å². The topological polar surface area (TPSA) is 96.9 Å². The predicted octanol–water partition coefficient (Wildman–Crippen LogP) is -0.188. The summed E-state index contributed by atoms with van der Waals surface area (Å²) in [6.45, 7) is 3.50. The van der Waals surface area contributed by atoms with Crippen LogP contribution in [0.1, 0.15) is 13.3 Å². The van der Waals surface area contributed by atoms with Gasteiger partial charge >= 0.3 is 12.0 Å². The van der Waals surface area contributed by atoms with Gasteiger partial charge < -0.3 is 25.2 Å². The fraction of sp³-hybridized carbons (Fsp3) is 0.800. The molecule has 1 unspecified atom stereocenters. The molecule has 0 fully saturated rings. The molecular weight excluding hydrogens is 228 g/mol. The van der Waals surface area contributed by atoms with Crippen molar-refractivity contribution in [1.82, 2.24) is 10.6 Å². The fourth-order valence-corrected chi connectivity index (χ4v) is 1.08. The summed E-state index contributed by atoms with van der Waals surface area (Å²) >= 11 is 0. The number of nitrogens with one attached hydrogen (secondary N) is 2. The molecule has 1 atom stereocenters. The Kier molecular flexibility index (Phi) is 9.08. The number of carbonyl (C=O) groups excluding carboxylic acids is 1. The number of ether oxygens (including phenoxy) is 2. The Morgan fingerprint density at radius 1 is 1.35 bits per heavy atom. The first-order valence-corrected chi connectivity index (χ1v) is 5.44. The highest BCUT2D eigenvalue weighted by molar-refractivity contribution is 5.74. The minimum absolute atomic E-state index is 0.143. The van der Waals surface area contributed by atoms with Crippen LogP contribution in [0.5, 0.6) is 0 Å². The quantitative estimate of drug-likeness (QED) is 0.491. The Morgan fingerprint density at radius 3 is 2.59 bits per heavy atom. The number of carbonyl (C=O) groups is 2. The summed E-state index contributed by atoms with van der Waals surface area (Å²) in [4.78, 5) is 21.7. The molecule has 100 valence electrons.